The van der Waals surface area contributed by atoms with Gasteiger partial charge in [0, 0.05) is 19.0 Å². The Morgan fingerprint density at radius 1 is 1.47 bits per heavy atom. The Bertz CT molecular complexity index is 446. The number of rotatable bonds is 7. The van der Waals surface area contributed by atoms with Gasteiger partial charge in [-0.3, -0.25) is 4.79 Å². The normalized spacial score (nSPS) is 11.8. The summed E-state index contributed by atoms with van der Waals surface area (Å²) in [6.45, 7) is 1.65. The Morgan fingerprint density at radius 2 is 2.21 bits per heavy atom. The molecular weight excluding hydrogens is 263 g/mol. The van der Waals surface area contributed by atoms with Gasteiger partial charge in [-0.05, 0) is 6.54 Å². The quantitative estimate of drug-likeness (QED) is 0.731. The zero-order chi connectivity index (χ0) is 14.3. The predicted molar refractivity (Wildman–Crippen MR) is 62.8 cm³/mol. The summed E-state index contributed by atoms with van der Waals surface area (Å²) in [6.07, 6.45) is -4.21. The third-order valence-electron chi connectivity index (χ3n) is 2.15. The molecule has 0 amide bonds. The van der Waals surface area contributed by atoms with Gasteiger partial charge in [-0.25, -0.2) is 4.98 Å². The van der Waals surface area contributed by atoms with Crippen LogP contribution in [0.2, 0.25) is 0 Å². The molecular formula is C11H16F3N3O2. The highest BCUT2D eigenvalue weighted by atomic mass is 19.4. The molecule has 1 aromatic rings. The number of H-pyrrole nitrogens is 1. The van der Waals surface area contributed by atoms with Gasteiger partial charge >= 0.3 is 6.18 Å². The molecule has 0 radical (unpaired) electrons. The van der Waals surface area contributed by atoms with Crippen molar-refractivity contribution in [1.29, 1.82) is 0 Å². The molecule has 5 nitrogen and oxygen atoms in total. The lowest BCUT2D eigenvalue weighted by Crippen LogP contribution is -2.21. The molecule has 0 saturated heterocycles. The highest BCUT2D eigenvalue weighted by molar-refractivity contribution is 5.02. The zero-order valence-corrected chi connectivity index (χ0v) is 10.5. The Labute approximate surface area is 108 Å². The van der Waals surface area contributed by atoms with Crippen LogP contribution in [0.15, 0.2) is 10.9 Å². The summed E-state index contributed by atoms with van der Waals surface area (Å²) in [5.41, 5.74) is 0.227. The number of halogens is 3. The summed E-state index contributed by atoms with van der Waals surface area (Å²) < 4.78 is 40.0. The number of alkyl halides is 3. The molecule has 8 heteroatoms. The first-order valence-corrected chi connectivity index (χ1v) is 5.85. The van der Waals surface area contributed by atoms with Crippen molar-refractivity contribution in [1.82, 2.24) is 15.3 Å². The number of aromatic nitrogens is 2. The fourth-order valence-electron chi connectivity index (χ4n) is 1.38. The molecule has 1 heterocycles. The number of nitrogens with zero attached hydrogens (tertiary/aromatic N) is 1. The molecule has 0 saturated carbocycles. The predicted octanol–water partition coefficient (Wildman–Crippen LogP) is 1.00. The number of hydrogen-bond donors (Lipinski definition) is 2. The van der Waals surface area contributed by atoms with Crippen molar-refractivity contribution < 1.29 is 17.9 Å². The van der Waals surface area contributed by atoms with Gasteiger partial charge in [0.2, 0.25) is 0 Å². The fourth-order valence-corrected chi connectivity index (χ4v) is 1.38. The van der Waals surface area contributed by atoms with Crippen LogP contribution in [0.3, 0.4) is 0 Å². The summed E-state index contributed by atoms with van der Waals surface area (Å²) in [7, 11) is 0. The van der Waals surface area contributed by atoms with E-state index < -0.39 is 12.8 Å². The van der Waals surface area contributed by atoms with Crippen LogP contribution in [-0.2, 0) is 17.7 Å². The lowest BCUT2D eigenvalue weighted by atomic mass is 10.3. The average molecular weight is 279 g/mol. The van der Waals surface area contributed by atoms with E-state index >= 15 is 0 Å². The second-order valence-electron chi connectivity index (χ2n) is 3.88. The van der Waals surface area contributed by atoms with Crippen LogP contribution in [-0.4, -0.2) is 35.9 Å². The van der Waals surface area contributed by atoms with E-state index in [1.54, 1.807) is 0 Å². The van der Waals surface area contributed by atoms with E-state index in [1.165, 1.54) is 6.07 Å². The molecule has 0 aliphatic carbocycles. The number of ether oxygens (including phenoxy) is 1. The van der Waals surface area contributed by atoms with Crippen molar-refractivity contribution in [3.05, 3.63) is 27.9 Å². The number of hydrogen-bond acceptors (Lipinski definition) is 4. The van der Waals surface area contributed by atoms with Crippen LogP contribution in [0.25, 0.3) is 0 Å². The van der Waals surface area contributed by atoms with E-state index in [1.807, 2.05) is 6.92 Å². The number of nitrogens with one attached hydrogen (secondary N) is 2. The van der Waals surface area contributed by atoms with Crippen molar-refractivity contribution in [3.8, 4) is 0 Å². The fraction of sp³-hybridized carbons (Fsp3) is 0.636. The summed E-state index contributed by atoms with van der Waals surface area (Å²) >= 11 is 0. The van der Waals surface area contributed by atoms with E-state index in [-0.39, 0.29) is 18.6 Å². The standard InChI is InChI=1S/C11H16F3N3O2/c1-2-15-6-8-5-10(18)17-9(16-8)3-4-19-7-11(12,13)14/h5,15H,2-4,6-7H2,1H3,(H,16,17,18). The SMILES string of the molecule is CCNCc1cc(=O)[nH]c(CCOCC(F)(F)F)n1. The minimum atomic E-state index is -4.34. The molecule has 0 atom stereocenters. The molecule has 0 aliphatic heterocycles. The smallest absolute Gasteiger partial charge is 0.372 e. The molecule has 0 bridgehead atoms. The Hall–Kier alpha value is -1.41. The molecule has 19 heavy (non-hydrogen) atoms. The molecule has 0 aromatic carbocycles. The minimum absolute atomic E-state index is 0.130. The molecule has 2 N–H and O–H groups in total. The van der Waals surface area contributed by atoms with Crippen molar-refractivity contribution in [2.75, 3.05) is 19.8 Å². The topological polar surface area (TPSA) is 67.0 Å². The molecule has 1 rings (SSSR count). The molecule has 1 aromatic heterocycles. The molecule has 0 fully saturated rings. The highest BCUT2D eigenvalue weighted by Gasteiger charge is 2.27. The average Bonchev–Trinajstić information content (AvgIpc) is 2.30. The third kappa shape index (κ3) is 6.92. The Kier molecular flexibility index (Phi) is 5.97. The van der Waals surface area contributed by atoms with Crippen LogP contribution in [0.5, 0.6) is 0 Å². The van der Waals surface area contributed by atoms with Crippen LogP contribution < -0.4 is 10.9 Å². The molecule has 108 valence electrons. The number of aromatic amines is 1. The summed E-state index contributed by atoms with van der Waals surface area (Å²) in [6, 6.07) is 1.35. The molecule has 0 spiro atoms. The molecule has 0 unspecified atom stereocenters. The maximum Gasteiger partial charge on any atom is 0.411 e. The monoisotopic (exact) mass is 279 g/mol. The van der Waals surface area contributed by atoms with Gasteiger partial charge in [0.15, 0.2) is 0 Å². The van der Waals surface area contributed by atoms with Crippen LogP contribution >= 0.6 is 0 Å². The lowest BCUT2D eigenvalue weighted by Gasteiger charge is -2.08. The lowest BCUT2D eigenvalue weighted by molar-refractivity contribution is -0.173. The largest absolute Gasteiger partial charge is 0.411 e. The van der Waals surface area contributed by atoms with Gasteiger partial charge in [0.05, 0.1) is 12.3 Å². The van der Waals surface area contributed by atoms with Gasteiger partial charge in [0.1, 0.15) is 12.4 Å². The van der Waals surface area contributed by atoms with Crippen LogP contribution in [0.4, 0.5) is 13.2 Å². The van der Waals surface area contributed by atoms with Gasteiger partial charge in [0.25, 0.3) is 5.56 Å². The maximum absolute atomic E-state index is 11.8. The maximum atomic E-state index is 11.8. The van der Waals surface area contributed by atoms with Crippen LogP contribution in [0.1, 0.15) is 18.4 Å². The first-order valence-electron chi connectivity index (χ1n) is 5.85. The molecule has 0 aliphatic rings. The van der Waals surface area contributed by atoms with Crippen molar-refractivity contribution in [3.63, 3.8) is 0 Å². The van der Waals surface area contributed by atoms with E-state index in [4.69, 9.17) is 0 Å². The second-order valence-corrected chi connectivity index (χ2v) is 3.88. The summed E-state index contributed by atoms with van der Waals surface area (Å²) in [5.74, 6) is 0.322. The van der Waals surface area contributed by atoms with E-state index in [2.05, 4.69) is 20.0 Å². The zero-order valence-electron chi connectivity index (χ0n) is 10.5. The van der Waals surface area contributed by atoms with Gasteiger partial charge < -0.3 is 15.0 Å². The van der Waals surface area contributed by atoms with E-state index in [9.17, 15) is 18.0 Å². The summed E-state index contributed by atoms with van der Waals surface area (Å²) in [4.78, 5) is 17.9. The van der Waals surface area contributed by atoms with Gasteiger partial charge in [-0.1, -0.05) is 6.92 Å². The second kappa shape index (κ2) is 7.25. The summed E-state index contributed by atoms with van der Waals surface area (Å²) in [5, 5.41) is 3.01. The van der Waals surface area contributed by atoms with Gasteiger partial charge in [-0.2, -0.15) is 13.2 Å². The first kappa shape index (κ1) is 15.6. The van der Waals surface area contributed by atoms with Crippen molar-refractivity contribution >= 4 is 0 Å². The first-order chi connectivity index (χ1) is 8.90. The van der Waals surface area contributed by atoms with Gasteiger partial charge in [-0.15, -0.1) is 0 Å². The highest BCUT2D eigenvalue weighted by Crippen LogP contribution is 2.14. The Balaban J connectivity index is 2.49. The minimum Gasteiger partial charge on any atom is -0.372 e. The third-order valence-corrected chi connectivity index (χ3v) is 2.15. The Morgan fingerprint density at radius 3 is 2.84 bits per heavy atom. The van der Waals surface area contributed by atoms with Crippen molar-refractivity contribution in [2.24, 2.45) is 0 Å². The van der Waals surface area contributed by atoms with Crippen molar-refractivity contribution in [2.45, 2.75) is 26.1 Å². The van der Waals surface area contributed by atoms with E-state index in [0.717, 1.165) is 6.54 Å². The van der Waals surface area contributed by atoms with E-state index in [0.29, 0.717) is 18.1 Å². The van der Waals surface area contributed by atoms with Crippen LogP contribution in [0, 0.1) is 0 Å².